The first kappa shape index (κ1) is 11.4. The van der Waals surface area contributed by atoms with Crippen molar-refractivity contribution in [2.24, 2.45) is 5.41 Å². The molecule has 15 heavy (non-hydrogen) atoms. The predicted molar refractivity (Wildman–Crippen MR) is 60.1 cm³/mol. The van der Waals surface area contributed by atoms with E-state index in [1.54, 1.807) is 4.31 Å². The molecule has 0 spiro atoms. The van der Waals surface area contributed by atoms with Crippen LogP contribution in [0.25, 0.3) is 0 Å². The van der Waals surface area contributed by atoms with Gasteiger partial charge in [0.05, 0.1) is 5.75 Å². The highest BCUT2D eigenvalue weighted by Gasteiger charge is 2.44. The van der Waals surface area contributed by atoms with Crippen molar-refractivity contribution < 1.29 is 8.42 Å². The van der Waals surface area contributed by atoms with Gasteiger partial charge in [-0.25, -0.2) is 8.42 Å². The minimum atomic E-state index is -2.99. The lowest BCUT2D eigenvalue weighted by molar-refractivity contribution is 0.116. The van der Waals surface area contributed by atoms with Gasteiger partial charge >= 0.3 is 0 Å². The van der Waals surface area contributed by atoms with Crippen molar-refractivity contribution in [3.8, 4) is 0 Å². The van der Waals surface area contributed by atoms with Crippen LogP contribution in [0.2, 0.25) is 0 Å². The zero-order valence-corrected chi connectivity index (χ0v) is 10.5. The van der Waals surface area contributed by atoms with Crippen LogP contribution in [0.1, 0.15) is 27.2 Å². The van der Waals surface area contributed by atoms with Crippen molar-refractivity contribution in [3.63, 3.8) is 0 Å². The van der Waals surface area contributed by atoms with Crippen molar-refractivity contribution in [1.29, 1.82) is 0 Å². The number of rotatable bonds is 0. The second-order valence-electron chi connectivity index (χ2n) is 5.66. The van der Waals surface area contributed by atoms with Crippen LogP contribution in [0.4, 0.5) is 0 Å². The first-order valence-electron chi connectivity index (χ1n) is 5.53. The number of hydrogen-bond acceptors (Lipinski definition) is 3. The number of fused-ring (bicyclic) bond motifs is 2. The molecule has 2 aliphatic heterocycles. The van der Waals surface area contributed by atoms with Gasteiger partial charge in [0.2, 0.25) is 10.0 Å². The van der Waals surface area contributed by atoms with E-state index in [0.717, 1.165) is 13.0 Å². The van der Waals surface area contributed by atoms with Crippen molar-refractivity contribution in [2.75, 3.05) is 18.8 Å². The molecule has 0 radical (unpaired) electrons. The lowest BCUT2D eigenvalue weighted by Gasteiger charge is -2.48. The third-order valence-electron chi connectivity index (χ3n) is 3.43. The smallest absolute Gasteiger partial charge is 0.214 e. The topological polar surface area (TPSA) is 49.4 Å². The second-order valence-corrected chi connectivity index (χ2v) is 7.70. The molecule has 88 valence electrons. The molecule has 2 rings (SSSR count). The Balaban J connectivity index is 2.29. The van der Waals surface area contributed by atoms with E-state index in [-0.39, 0.29) is 11.5 Å². The van der Waals surface area contributed by atoms with Crippen molar-refractivity contribution in [2.45, 2.75) is 39.3 Å². The Kier molecular flexibility index (Phi) is 2.60. The molecule has 4 nitrogen and oxygen atoms in total. The number of hydrogen-bond donors (Lipinski definition) is 1. The quantitative estimate of drug-likeness (QED) is 0.658. The third kappa shape index (κ3) is 2.05. The van der Waals surface area contributed by atoms with Crippen LogP contribution >= 0.6 is 0 Å². The Morgan fingerprint density at radius 1 is 1.33 bits per heavy atom. The van der Waals surface area contributed by atoms with Gasteiger partial charge in [0, 0.05) is 25.2 Å². The SMILES string of the molecule is CC(C)(C)C1CNC2CCS(=O)(=O)N1C2. The largest absolute Gasteiger partial charge is 0.311 e. The highest BCUT2D eigenvalue weighted by atomic mass is 32.2. The molecular formula is C10H20N2O2S. The first-order chi connectivity index (χ1) is 6.81. The van der Waals surface area contributed by atoms with Gasteiger partial charge in [0.15, 0.2) is 0 Å². The Labute approximate surface area is 92.1 Å². The summed E-state index contributed by atoms with van der Waals surface area (Å²) in [6.07, 6.45) is 0.760. The minimum absolute atomic E-state index is 0.00236. The van der Waals surface area contributed by atoms with Gasteiger partial charge in [-0.15, -0.1) is 0 Å². The summed E-state index contributed by atoms with van der Waals surface area (Å²) < 4.78 is 25.6. The van der Waals surface area contributed by atoms with Crippen molar-refractivity contribution in [3.05, 3.63) is 0 Å². The zero-order chi connectivity index (χ0) is 11.3. The highest BCUT2D eigenvalue weighted by Crippen LogP contribution is 2.31. The molecule has 0 aromatic carbocycles. The molecule has 2 aliphatic rings. The molecule has 0 aliphatic carbocycles. The zero-order valence-electron chi connectivity index (χ0n) is 9.66. The number of piperazine rings is 1. The molecule has 3 unspecified atom stereocenters. The fourth-order valence-corrected chi connectivity index (χ4v) is 4.44. The lowest BCUT2D eigenvalue weighted by Crippen LogP contribution is -2.65. The molecule has 3 atom stereocenters. The van der Waals surface area contributed by atoms with Gasteiger partial charge in [0.1, 0.15) is 0 Å². The Morgan fingerprint density at radius 2 is 2.00 bits per heavy atom. The first-order valence-corrected chi connectivity index (χ1v) is 7.14. The van der Waals surface area contributed by atoms with Crippen LogP contribution < -0.4 is 5.32 Å². The van der Waals surface area contributed by atoms with Gasteiger partial charge in [-0.2, -0.15) is 4.31 Å². The normalized spacial score (nSPS) is 40.1. The molecule has 5 heteroatoms. The van der Waals surface area contributed by atoms with Crippen LogP contribution in [0.5, 0.6) is 0 Å². The highest BCUT2D eigenvalue weighted by molar-refractivity contribution is 7.89. The van der Waals surface area contributed by atoms with Gasteiger partial charge in [-0.3, -0.25) is 0 Å². The summed E-state index contributed by atoms with van der Waals surface area (Å²) >= 11 is 0. The summed E-state index contributed by atoms with van der Waals surface area (Å²) in [7, 11) is -2.99. The third-order valence-corrected chi connectivity index (χ3v) is 5.30. The summed E-state index contributed by atoms with van der Waals surface area (Å²) in [6, 6.07) is 0.464. The van der Waals surface area contributed by atoms with Gasteiger partial charge in [0.25, 0.3) is 0 Å². The summed E-state index contributed by atoms with van der Waals surface area (Å²) in [5.41, 5.74) is 0.00236. The Morgan fingerprint density at radius 3 is 2.60 bits per heavy atom. The average molecular weight is 232 g/mol. The summed E-state index contributed by atoms with van der Waals surface area (Å²) in [5.74, 6) is 0.303. The number of nitrogens with one attached hydrogen (secondary N) is 1. The molecule has 0 amide bonds. The van der Waals surface area contributed by atoms with Crippen LogP contribution in [0.3, 0.4) is 0 Å². The van der Waals surface area contributed by atoms with Crippen LogP contribution in [0.15, 0.2) is 0 Å². The van der Waals surface area contributed by atoms with E-state index in [1.807, 2.05) is 0 Å². The maximum atomic E-state index is 11.9. The molecule has 2 bridgehead atoms. The monoisotopic (exact) mass is 232 g/mol. The van der Waals surface area contributed by atoms with E-state index in [1.165, 1.54) is 0 Å². The summed E-state index contributed by atoms with van der Waals surface area (Å²) in [4.78, 5) is 0. The molecule has 0 aromatic rings. The van der Waals surface area contributed by atoms with Gasteiger partial charge in [-0.05, 0) is 11.8 Å². The van der Waals surface area contributed by atoms with Crippen molar-refractivity contribution >= 4 is 10.0 Å². The second kappa shape index (κ2) is 3.43. The van der Waals surface area contributed by atoms with Crippen LogP contribution in [-0.2, 0) is 10.0 Å². The molecule has 2 saturated heterocycles. The summed E-state index contributed by atoms with van der Waals surface area (Å²) in [5, 5.41) is 3.44. The number of sulfonamides is 1. The van der Waals surface area contributed by atoms with E-state index >= 15 is 0 Å². The fourth-order valence-electron chi connectivity index (χ4n) is 2.44. The Hall–Kier alpha value is -0.130. The van der Waals surface area contributed by atoms with E-state index < -0.39 is 10.0 Å². The van der Waals surface area contributed by atoms with Gasteiger partial charge < -0.3 is 5.32 Å². The van der Waals surface area contributed by atoms with E-state index in [4.69, 9.17) is 0 Å². The maximum absolute atomic E-state index is 11.9. The Bertz CT molecular complexity index is 345. The van der Waals surface area contributed by atoms with Crippen LogP contribution in [-0.4, -0.2) is 43.6 Å². The average Bonchev–Trinajstić information content (AvgIpc) is 2.11. The van der Waals surface area contributed by atoms with E-state index in [2.05, 4.69) is 26.1 Å². The minimum Gasteiger partial charge on any atom is -0.311 e. The molecule has 0 aromatic heterocycles. The lowest BCUT2D eigenvalue weighted by atomic mass is 9.85. The predicted octanol–water partition coefficient (Wildman–Crippen LogP) is 0.408. The van der Waals surface area contributed by atoms with Gasteiger partial charge in [-0.1, -0.05) is 20.8 Å². The van der Waals surface area contributed by atoms with Crippen LogP contribution in [0, 0.1) is 5.41 Å². The molecule has 0 saturated carbocycles. The fraction of sp³-hybridized carbons (Fsp3) is 1.00. The standard InChI is InChI=1S/C10H20N2O2S/c1-10(2,3)9-6-11-8-4-5-15(13,14)12(9)7-8/h8-9,11H,4-7H2,1-3H3. The van der Waals surface area contributed by atoms with Crippen molar-refractivity contribution in [1.82, 2.24) is 9.62 Å². The maximum Gasteiger partial charge on any atom is 0.214 e. The molecule has 1 N–H and O–H groups in total. The molecular weight excluding hydrogens is 212 g/mol. The van der Waals surface area contributed by atoms with E-state index in [0.29, 0.717) is 18.3 Å². The molecule has 2 fully saturated rings. The van der Waals surface area contributed by atoms with E-state index in [9.17, 15) is 8.42 Å². The molecule has 2 heterocycles. The number of nitrogens with zero attached hydrogens (tertiary/aromatic N) is 1. The summed E-state index contributed by atoms with van der Waals surface area (Å²) in [6.45, 7) is 7.75.